The molecule has 4 nitrogen and oxygen atoms in total. The molecule has 258 valence electrons. The lowest BCUT2D eigenvalue weighted by Crippen LogP contribution is -2.35. The van der Waals surface area contributed by atoms with E-state index >= 15 is 0 Å². The molecule has 0 unspecified atom stereocenters. The molecule has 3 aliphatic rings. The van der Waals surface area contributed by atoms with E-state index in [1.807, 2.05) is 0 Å². The summed E-state index contributed by atoms with van der Waals surface area (Å²) < 4.78 is 24.0. The number of hydrogen-bond acceptors (Lipinski definition) is 4. The lowest BCUT2D eigenvalue weighted by molar-refractivity contribution is 0.365. The Morgan fingerprint density at radius 2 is 0.766 bits per heavy atom. The van der Waals surface area contributed by atoms with Crippen molar-refractivity contribution in [2.45, 2.75) is 161 Å². The molecule has 0 spiro atoms. The fourth-order valence-corrected chi connectivity index (χ4v) is 8.42. The van der Waals surface area contributed by atoms with Crippen LogP contribution in [0.5, 0.6) is 0 Å². The minimum absolute atomic E-state index is 0.00814. The summed E-state index contributed by atoms with van der Waals surface area (Å²) in [5.41, 5.74) is 8.16. The van der Waals surface area contributed by atoms with Crippen LogP contribution in [0.2, 0.25) is 0 Å². The SMILES string of the molecule is CCCCCCCCCCCCC1(CCCCCCCCCCCC)c2cc(B3OCCO3)ccc2-c2ccc(B3OCCO3)cc21. The molecular weight excluding hydrogens is 578 g/mol. The van der Waals surface area contributed by atoms with Crippen LogP contribution < -0.4 is 10.9 Å². The zero-order valence-electron chi connectivity index (χ0n) is 30.1. The van der Waals surface area contributed by atoms with E-state index in [4.69, 9.17) is 18.6 Å². The van der Waals surface area contributed by atoms with Crippen molar-refractivity contribution in [3.05, 3.63) is 47.5 Å². The molecule has 47 heavy (non-hydrogen) atoms. The largest absolute Gasteiger partial charge is 0.494 e. The Labute approximate surface area is 288 Å². The Bertz CT molecular complexity index is 1080. The Morgan fingerprint density at radius 3 is 1.11 bits per heavy atom. The zero-order chi connectivity index (χ0) is 32.6. The van der Waals surface area contributed by atoms with Gasteiger partial charge in [-0.3, -0.25) is 0 Å². The third kappa shape index (κ3) is 10.2. The molecule has 5 rings (SSSR count). The van der Waals surface area contributed by atoms with E-state index in [1.165, 1.54) is 174 Å². The highest BCUT2D eigenvalue weighted by Crippen LogP contribution is 2.53. The highest BCUT2D eigenvalue weighted by molar-refractivity contribution is 6.62. The molecule has 2 aliphatic heterocycles. The van der Waals surface area contributed by atoms with Gasteiger partial charge in [0, 0.05) is 5.41 Å². The first-order chi connectivity index (χ1) is 23.3. The average molecular weight is 643 g/mol. The Morgan fingerprint density at radius 1 is 0.447 bits per heavy atom. The summed E-state index contributed by atoms with van der Waals surface area (Å²) in [6.07, 6.45) is 29.8. The molecular formula is C41H64B2O4. The summed E-state index contributed by atoms with van der Waals surface area (Å²) in [5, 5.41) is 0. The van der Waals surface area contributed by atoms with Crippen molar-refractivity contribution in [3.8, 4) is 11.1 Å². The molecule has 2 aromatic carbocycles. The van der Waals surface area contributed by atoms with Crippen molar-refractivity contribution in [2.24, 2.45) is 0 Å². The highest BCUT2D eigenvalue weighted by atomic mass is 16.6. The van der Waals surface area contributed by atoms with Crippen LogP contribution in [-0.4, -0.2) is 40.7 Å². The van der Waals surface area contributed by atoms with Crippen LogP contribution in [0, 0.1) is 0 Å². The summed E-state index contributed by atoms with van der Waals surface area (Å²) in [4.78, 5) is 0. The second-order valence-corrected chi connectivity index (χ2v) is 14.7. The topological polar surface area (TPSA) is 36.9 Å². The third-order valence-corrected chi connectivity index (χ3v) is 11.1. The summed E-state index contributed by atoms with van der Waals surface area (Å²) in [7, 11) is -0.487. The van der Waals surface area contributed by atoms with E-state index in [-0.39, 0.29) is 19.7 Å². The van der Waals surface area contributed by atoms with E-state index in [2.05, 4.69) is 50.2 Å². The van der Waals surface area contributed by atoms with Crippen LogP contribution in [0.1, 0.15) is 166 Å². The van der Waals surface area contributed by atoms with Crippen molar-refractivity contribution >= 4 is 25.2 Å². The van der Waals surface area contributed by atoms with Crippen LogP contribution in [0.25, 0.3) is 11.1 Å². The smallest absolute Gasteiger partial charge is 0.405 e. The van der Waals surface area contributed by atoms with Gasteiger partial charge in [0.15, 0.2) is 0 Å². The molecule has 0 aromatic heterocycles. The van der Waals surface area contributed by atoms with E-state index in [0.717, 1.165) is 0 Å². The summed E-state index contributed by atoms with van der Waals surface area (Å²) in [6.45, 7) is 7.31. The molecule has 0 atom stereocenters. The van der Waals surface area contributed by atoms with Crippen molar-refractivity contribution < 1.29 is 18.6 Å². The summed E-state index contributed by atoms with van der Waals surface area (Å²) in [6, 6.07) is 14.1. The molecule has 2 aromatic rings. The first-order valence-corrected chi connectivity index (χ1v) is 20.0. The molecule has 0 N–H and O–H groups in total. The summed E-state index contributed by atoms with van der Waals surface area (Å²) >= 11 is 0. The quantitative estimate of drug-likeness (QED) is 0.0844. The van der Waals surface area contributed by atoms with Crippen molar-refractivity contribution in [2.75, 3.05) is 26.4 Å². The van der Waals surface area contributed by atoms with Crippen molar-refractivity contribution in [1.29, 1.82) is 0 Å². The van der Waals surface area contributed by atoms with Gasteiger partial charge in [-0.1, -0.05) is 179 Å². The van der Waals surface area contributed by atoms with Crippen LogP contribution >= 0.6 is 0 Å². The Balaban J connectivity index is 1.31. The number of rotatable bonds is 24. The lowest BCUT2D eigenvalue weighted by atomic mass is 9.67. The second kappa shape index (κ2) is 20.2. The van der Waals surface area contributed by atoms with Gasteiger partial charge in [0.25, 0.3) is 0 Å². The first kappa shape index (κ1) is 36.7. The van der Waals surface area contributed by atoms with Gasteiger partial charge < -0.3 is 18.6 Å². The molecule has 1 aliphatic carbocycles. The van der Waals surface area contributed by atoms with Crippen LogP contribution in [0.3, 0.4) is 0 Å². The minimum atomic E-state index is -0.243. The van der Waals surface area contributed by atoms with Crippen LogP contribution in [0.4, 0.5) is 0 Å². The van der Waals surface area contributed by atoms with Gasteiger partial charge in [0.2, 0.25) is 0 Å². The fourth-order valence-electron chi connectivity index (χ4n) is 8.42. The molecule has 2 heterocycles. The molecule has 2 saturated heterocycles. The monoisotopic (exact) mass is 642 g/mol. The van der Waals surface area contributed by atoms with Gasteiger partial charge in [-0.15, -0.1) is 0 Å². The van der Waals surface area contributed by atoms with Gasteiger partial charge in [-0.05, 0) is 46.0 Å². The molecule has 0 radical (unpaired) electrons. The molecule has 0 bridgehead atoms. The van der Waals surface area contributed by atoms with Crippen molar-refractivity contribution in [1.82, 2.24) is 0 Å². The van der Waals surface area contributed by atoms with E-state index in [1.54, 1.807) is 0 Å². The maximum Gasteiger partial charge on any atom is 0.494 e. The zero-order valence-corrected chi connectivity index (χ0v) is 30.1. The van der Waals surface area contributed by atoms with E-state index < -0.39 is 0 Å². The molecule has 0 saturated carbocycles. The Hall–Kier alpha value is -1.59. The predicted molar refractivity (Wildman–Crippen MR) is 200 cm³/mol. The van der Waals surface area contributed by atoms with Crippen LogP contribution in [-0.2, 0) is 24.0 Å². The molecule has 2 fully saturated rings. The maximum absolute atomic E-state index is 6.01. The van der Waals surface area contributed by atoms with Gasteiger partial charge in [-0.25, -0.2) is 0 Å². The normalized spacial score (nSPS) is 16.7. The van der Waals surface area contributed by atoms with E-state index in [0.29, 0.717) is 26.4 Å². The highest BCUT2D eigenvalue weighted by Gasteiger charge is 2.44. The lowest BCUT2D eigenvalue weighted by Gasteiger charge is -2.33. The van der Waals surface area contributed by atoms with Crippen molar-refractivity contribution in [3.63, 3.8) is 0 Å². The van der Waals surface area contributed by atoms with Gasteiger partial charge in [0.05, 0.1) is 26.4 Å². The number of unbranched alkanes of at least 4 members (excludes halogenated alkanes) is 18. The fraction of sp³-hybridized carbons (Fsp3) is 0.707. The Kier molecular flexibility index (Phi) is 15.7. The van der Waals surface area contributed by atoms with Gasteiger partial charge >= 0.3 is 14.2 Å². The average Bonchev–Trinajstić information content (AvgIpc) is 3.88. The number of benzene rings is 2. The van der Waals surface area contributed by atoms with E-state index in [9.17, 15) is 0 Å². The van der Waals surface area contributed by atoms with Crippen LogP contribution in [0.15, 0.2) is 36.4 Å². The maximum atomic E-state index is 6.01. The number of hydrogen-bond donors (Lipinski definition) is 0. The van der Waals surface area contributed by atoms with Gasteiger partial charge in [-0.2, -0.15) is 0 Å². The minimum Gasteiger partial charge on any atom is -0.405 e. The predicted octanol–water partition coefficient (Wildman–Crippen LogP) is 10.1. The number of fused-ring (bicyclic) bond motifs is 3. The standard InChI is InChI=1S/C41H64B2O4/c1-3-5-7-9-11-13-15-17-19-21-27-41(28-22-20-18-16-14-12-10-8-6-4-2)39-33-35(42-44-29-30-45-42)23-25-37(39)38-26-24-36(34-40(38)41)43-46-31-32-47-43/h23-26,33-34H,3-22,27-32H2,1-2H3. The molecule has 0 amide bonds. The van der Waals surface area contributed by atoms with Gasteiger partial charge in [0.1, 0.15) is 0 Å². The summed E-state index contributed by atoms with van der Waals surface area (Å²) in [5.74, 6) is 0. The first-order valence-electron chi connectivity index (χ1n) is 20.0. The molecule has 6 heteroatoms. The third-order valence-electron chi connectivity index (χ3n) is 11.1. The second-order valence-electron chi connectivity index (χ2n) is 14.7.